The second-order valence-electron chi connectivity index (χ2n) is 7.07. The molecule has 5 nitrogen and oxygen atoms in total. The zero-order valence-corrected chi connectivity index (χ0v) is 19.4. The van der Waals surface area contributed by atoms with Crippen molar-refractivity contribution in [1.29, 1.82) is 0 Å². The summed E-state index contributed by atoms with van der Waals surface area (Å²) >= 11 is 3.30. The molecule has 0 aliphatic rings. The van der Waals surface area contributed by atoms with Gasteiger partial charge in [0.15, 0.2) is 21.4 Å². The lowest BCUT2D eigenvalue weighted by Gasteiger charge is -2.17. The maximum Gasteiger partial charge on any atom is 0.189 e. The van der Waals surface area contributed by atoms with Crippen LogP contribution < -0.4 is 4.74 Å². The molecule has 160 valence electrons. The van der Waals surface area contributed by atoms with Crippen LogP contribution in [0.3, 0.4) is 0 Å². The highest BCUT2D eigenvalue weighted by Crippen LogP contribution is 2.25. The van der Waals surface area contributed by atoms with Gasteiger partial charge in [-0.25, -0.2) is 8.42 Å². The molecule has 0 aromatic heterocycles. The van der Waals surface area contributed by atoms with E-state index in [1.165, 1.54) is 19.2 Å². The van der Waals surface area contributed by atoms with Crippen molar-refractivity contribution < 1.29 is 22.7 Å². The van der Waals surface area contributed by atoms with Crippen molar-refractivity contribution in [3.63, 3.8) is 0 Å². The summed E-state index contributed by atoms with van der Waals surface area (Å²) in [5.74, 6) is -0.477. The van der Waals surface area contributed by atoms with Crippen molar-refractivity contribution in [1.82, 2.24) is 0 Å². The number of hydrogen-bond donors (Lipinski definition) is 0. The molecule has 0 fully saturated rings. The lowest BCUT2D eigenvalue weighted by molar-refractivity contribution is 0.0920. The van der Waals surface area contributed by atoms with Gasteiger partial charge in [0.2, 0.25) is 0 Å². The van der Waals surface area contributed by atoms with E-state index in [2.05, 4.69) is 15.9 Å². The van der Waals surface area contributed by atoms with Gasteiger partial charge < -0.3 is 4.74 Å². The Morgan fingerprint density at radius 3 is 1.97 bits per heavy atom. The smallest absolute Gasteiger partial charge is 0.189 e. The van der Waals surface area contributed by atoms with E-state index in [1.807, 2.05) is 6.92 Å². The minimum atomic E-state index is -4.10. The number of sulfone groups is 1. The summed E-state index contributed by atoms with van der Waals surface area (Å²) in [6.45, 7) is 1.84. The lowest BCUT2D eigenvalue weighted by atomic mass is 10.0. The van der Waals surface area contributed by atoms with Crippen LogP contribution in [-0.2, 0) is 9.84 Å². The number of carbonyl (C=O) groups is 2. The Morgan fingerprint density at radius 1 is 0.871 bits per heavy atom. The van der Waals surface area contributed by atoms with E-state index in [9.17, 15) is 18.0 Å². The number of benzene rings is 3. The number of ketones is 2. The maximum atomic E-state index is 13.4. The Kier molecular flexibility index (Phi) is 7.08. The van der Waals surface area contributed by atoms with Crippen molar-refractivity contribution in [3.8, 4) is 5.75 Å². The standard InChI is InChI=1S/C24H21BrO5S/c1-16-3-13-21(14-4-16)31(28,29)23(24(27)18-5-9-19(25)10-6-18)15-22(26)17-7-11-20(30-2)12-8-17/h3-14,23H,15H2,1-2H3/t23-/m1/s1. The SMILES string of the molecule is COc1ccc(C(=O)C[C@H](C(=O)c2ccc(Br)cc2)S(=O)(=O)c2ccc(C)cc2)cc1. The summed E-state index contributed by atoms with van der Waals surface area (Å²) in [6, 6.07) is 19.0. The van der Waals surface area contributed by atoms with Crippen LogP contribution in [0.4, 0.5) is 0 Å². The van der Waals surface area contributed by atoms with Gasteiger partial charge in [-0.05, 0) is 55.5 Å². The van der Waals surface area contributed by atoms with Crippen LogP contribution in [0.15, 0.2) is 82.2 Å². The summed E-state index contributed by atoms with van der Waals surface area (Å²) in [5, 5.41) is -1.54. The van der Waals surface area contributed by atoms with Gasteiger partial charge in [0.25, 0.3) is 0 Å². The average Bonchev–Trinajstić information content (AvgIpc) is 2.77. The quantitative estimate of drug-likeness (QED) is 0.403. The first-order chi connectivity index (χ1) is 14.7. The zero-order valence-electron chi connectivity index (χ0n) is 17.0. The molecule has 0 spiro atoms. The van der Waals surface area contributed by atoms with Crippen LogP contribution in [0, 0.1) is 6.92 Å². The van der Waals surface area contributed by atoms with Gasteiger partial charge in [-0.2, -0.15) is 0 Å². The topological polar surface area (TPSA) is 77.5 Å². The van der Waals surface area contributed by atoms with E-state index in [1.54, 1.807) is 60.7 Å². The molecule has 0 aliphatic heterocycles. The first-order valence-electron chi connectivity index (χ1n) is 9.50. The van der Waals surface area contributed by atoms with Crippen molar-refractivity contribution in [2.24, 2.45) is 0 Å². The van der Waals surface area contributed by atoms with Gasteiger partial charge >= 0.3 is 0 Å². The molecule has 0 amide bonds. The number of carbonyl (C=O) groups excluding carboxylic acids is 2. The van der Waals surface area contributed by atoms with Crippen LogP contribution in [-0.4, -0.2) is 32.3 Å². The molecule has 0 N–H and O–H groups in total. The number of aryl methyl sites for hydroxylation is 1. The molecular weight excluding hydrogens is 480 g/mol. The van der Waals surface area contributed by atoms with Crippen molar-refractivity contribution >= 4 is 37.3 Å². The number of rotatable bonds is 8. The van der Waals surface area contributed by atoms with Crippen molar-refractivity contribution in [2.75, 3.05) is 7.11 Å². The van der Waals surface area contributed by atoms with Gasteiger partial charge in [-0.1, -0.05) is 45.8 Å². The zero-order chi connectivity index (χ0) is 22.6. The molecule has 0 radical (unpaired) electrons. The Balaban J connectivity index is 2.00. The molecular formula is C24H21BrO5S. The molecule has 7 heteroatoms. The maximum absolute atomic E-state index is 13.4. The van der Waals surface area contributed by atoms with Gasteiger partial charge in [0.05, 0.1) is 12.0 Å². The number of Topliss-reactive ketones (excluding diaryl/α,β-unsaturated/α-hetero) is 2. The molecule has 0 saturated carbocycles. The molecule has 3 rings (SSSR count). The molecule has 3 aromatic carbocycles. The predicted octanol–water partition coefficient (Wildman–Crippen LogP) is 5.06. The predicted molar refractivity (Wildman–Crippen MR) is 123 cm³/mol. The third-order valence-electron chi connectivity index (χ3n) is 4.93. The largest absolute Gasteiger partial charge is 0.497 e. The fourth-order valence-corrected chi connectivity index (χ4v) is 5.00. The number of halogens is 1. The molecule has 3 aromatic rings. The number of methoxy groups -OCH3 is 1. The number of hydrogen-bond acceptors (Lipinski definition) is 5. The van der Waals surface area contributed by atoms with Gasteiger partial charge in [0.1, 0.15) is 11.0 Å². The molecule has 31 heavy (non-hydrogen) atoms. The Morgan fingerprint density at radius 2 is 1.42 bits per heavy atom. The first-order valence-corrected chi connectivity index (χ1v) is 11.8. The summed E-state index contributed by atoms with van der Waals surface area (Å²) in [4.78, 5) is 26.2. The Labute approximate surface area is 190 Å². The highest BCUT2D eigenvalue weighted by Gasteiger charge is 2.36. The monoisotopic (exact) mass is 500 g/mol. The van der Waals surface area contributed by atoms with Gasteiger partial charge in [0, 0.05) is 22.0 Å². The minimum Gasteiger partial charge on any atom is -0.497 e. The van der Waals surface area contributed by atoms with Gasteiger partial charge in [-0.15, -0.1) is 0 Å². The summed E-state index contributed by atoms with van der Waals surface area (Å²) in [5.41, 5.74) is 1.43. The fraction of sp³-hybridized carbons (Fsp3) is 0.167. The molecule has 1 atom stereocenters. The van der Waals surface area contributed by atoms with E-state index in [-0.39, 0.29) is 10.5 Å². The normalized spacial score (nSPS) is 12.2. The second kappa shape index (κ2) is 9.58. The fourth-order valence-electron chi connectivity index (χ4n) is 3.10. The molecule has 0 heterocycles. The highest BCUT2D eigenvalue weighted by atomic mass is 79.9. The number of ether oxygens (including phenoxy) is 1. The van der Waals surface area contributed by atoms with Gasteiger partial charge in [-0.3, -0.25) is 9.59 Å². The van der Waals surface area contributed by atoms with E-state index in [4.69, 9.17) is 4.74 Å². The Bertz CT molecular complexity index is 1180. The summed E-state index contributed by atoms with van der Waals surface area (Å²) in [6.07, 6.45) is -0.461. The van der Waals surface area contributed by atoms with Crippen LogP contribution in [0.2, 0.25) is 0 Å². The summed E-state index contributed by atoms with van der Waals surface area (Å²) < 4.78 is 32.6. The third-order valence-corrected chi connectivity index (χ3v) is 7.52. The van der Waals surface area contributed by atoms with E-state index in [0.717, 1.165) is 10.0 Å². The second-order valence-corrected chi connectivity index (χ2v) is 10.1. The van der Waals surface area contributed by atoms with Crippen LogP contribution >= 0.6 is 15.9 Å². The van der Waals surface area contributed by atoms with Crippen LogP contribution in [0.1, 0.15) is 32.7 Å². The third kappa shape index (κ3) is 5.29. The first kappa shape index (κ1) is 22.9. The molecule has 0 saturated heterocycles. The molecule has 0 unspecified atom stereocenters. The minimum absolute atomic E-state index is 0.0103. The highest BCUT2D eigenvalue weighted by molar-refractivity contribution is 9.10. The van der Waals surface area contributed by atoms with Crippen molar-refractivity contribution in [2.45, 2.75) is 23.5 Å². The van der Waals surface area contributed by atoms with E-state index >= 15 is 0 Å². The molecule has 0 aliphatic carbocycles. The van der Waals surface area contributed by atoms with E-state index < -0.39 is 33.1 Å². The van der Waals surface area contributed by atoms with Crippen LogP contribution in [0.5, 0.6) is 5.75 Å². The Hall–Kier alpha value is -2.77. The molecule has 0 bridgehead atoms. The van der Waals surface area contributed by atoms with Crippen LogP contribution in [0.25, 0.3) is 0 Å². The van der Waals surface area contributed by atoms with Crippen molar-refractivity contribution in [3.05, 3.63) is 94.0 Å². The van der Waals surface area contributed by atoms with E-state index in [0.29, 0.717) is 11.3 Å². The lowest BCUT2D eigenvalue weighted by Crippen LogP contribution is -2.33. The summed E-state index contributed by atoms with van der Waals surface area (Å²) in [7, 11) is -2.59. The average molecular weight is 501 g/mol.